The van der Waals surface area contributed by atoms with E-state index in [0.29, 0.717) is 13.1 Å². The second-order valence-corrected chi connectivity index (χ2v) is 7.17. The van der Waals surface area contributed by atoms with Crippen molar-refractivity contribution in [3.05, 3.63) is 65.5 Å². The lowest BCUT2D eigenvalue weighted by Crippen LogP contribution is -2.32. The standard InChI is InChI=1S/C22H25N5O/c1-16-9-11-17(12-10-16)25-22(28)24-14-15-27-20-8-3-2-6-18(20)21(26-27)19-7-4-5-13-23-19/h4-5,7,9-13H,2-3,6,8,14-15H2,1H3,(H2,24,25,28). The van der Waals surface area contributed by atoms with Crippen LogP contribution in [-0.4, -0.2) is 27.3 Å². The molecule has 0 radical (unpaired) electrons. The van der Waals surface area contributed by atoms with E-state index in [9.17, 15) is 4.79 Å². The first-order valence-electron chi connectivity index (χ1n) is 9.82. The second kappa shape index (κ2) is 8.25. The molecule has 2 amide bonds. The van der Waals surface area contributed by atoms with Crippen molar-refractivity contribution in [3.63, 3.8) is 0 Å². The number of pyridine rings is 1. The third kappa shape index (κ3) is 4.06. The first-order chi connectivity index (χ1) is 13.7. The number of rotatable bonds is 5. The maximum Gasteiger partial charge on any atom is 0.319 e. The van der Waals surface area contributed by atoms with Crippen LogP contribution >= 0.6 is 0 Å². The molecule has 144 valence electrons. The van der Waals surface area contributed by atoms with Gasteiger partial charge in [-0.15, -0.1) is 0 Å². The largest absolute Gasteiger partial charge is 0.336 e. The van der Waals surface area contributed by atoms with Crippen LogP contribution in [0.3, 0.4) is 0 Å². The molecule has 0 aliphatic heterocycles. The lowest BCUT2D eigenvalue weighted by atomic mass is 9.95. The van der Waals surface area contributed by atoms with Crippen LogP contribution in [0.5, 0.6) is 0 Å². The Morgan fingerprint density at radius 1 is 1.11 bits per heavy atom. The van der Waals surface area contributed by atoms with Gasteiger partial charge in [0.1, 0.15) is 5.69 Å². The van der Waals surface area contributed by atoms with Crippen LogP contribution in [0.1, 0.15) is 29.7 Å². The number of aromatic nitrogens is 3. The van der Waals surface area contributed by atoms with Gasteiger partial charge in [-0.2, -0.15) is 5.10 Å². The zero-order valence-corrected chi connectivity index (χ0v) is 16.1. The average Bonchev–Trinajstić information content (AvgIpc) is 3.09. The van der Waals surface area contributed by atoms with Crippen LogP contribution in [-0.2, 0) is 19.4 Å². The van der Waals surface area contributed by atoms with Crippen LogP contribution in [0.2, 0.25) is 0 Å². The van der Waals surface area contributed by atoms with Gasteiger partial charge in [-0.3, -0.25) is 9.67 Å². The second-order valence-electron chi connectivity index (χ2n) is 7.17. The summed E-state index contributed by atoms with van der Waals surface area (Å²) in [6.07, 6.45) is 6.26. The van der Waals surface area contributed by atoms with Gasteiger partial charge < -0.3 is 10.6 Å². The molecule has 0 saturated heterocycles. The number of hydrogen-bond acceptors (Lipinski definition) is 3. The summed E-state index contributed by atoms with van der Waals surface area (Å²) in [5.41, 5.74) is 6.46. The highest BCUT2D eigenvalue weighted by Gasteiger charge is 2.22. The zero-order chi connectivity index (χ0) is 19.3. The molecule has 1 aliphatic carbocycles. The molecule has 1 aromatic carbocycles. The topological polar surface area (TPSA) is 71.8 Å². The van der Waals surface area contributed by atoms with E-state index in [0.717, 1.165) is 35.5 Å². The Morgan fingerprint density at radius 3 is 2.71 bits per heavy atom. The SMILES string of the molecule is Cc1ccc(NC(=O)NCCn2nc(-c3ccccn3)c3c2CCCC3)cc1. The van der Waals surface area contributed by atoms with E-state index >= 15 is 0 Å². The highest BCUT2D eigenvalue weighted by atomic mass is 16.2. The number of carbonyl (C=O) groups excluding carboxylic acids is 1. The first kappa shape index (κ1) is 18.2. The number of carbonyl (C=O) groups is 1. The summed E-state index contributed by atoms with van der Waals surface area (Å²) in [4.78, 5) is 16.6. The van der Waals surface area contributed by atoms with Crippen LogP contribution in [0.15, 0.2) is 48.7 Å². The molecule has 1 aliphatic rings. The van der Waals surface area contributed by atoms with Crippen molar-refractivity contribution in [2.45, 2.75) is 39.2 Å². The number of amides is 2. The van der Waals surface area contributed by atoms with E-state index in [1.165, 1.54) is 24.1 Å². The summed E-state index contributed by atoms with van der Waals surface area (Å²) < 4.78 is 2.05. The molecule has 2 aromatic heterocycles. The molecule has 0 atom stereocenters. The molecular weight excluding hydrogens is 350 g/mol. The zero-order valence-electron chi connectivity index (χ0n) is 16.1. The fourth-order valence-electron chi connectivity index (χ4n) is 3.65. The third-order valence-corrected chi connectivity index (χ3v) is 5.08. The Balaban J connectivity index is 1.41. The number of nitrogens with zero attached hydrogens (tertiary/aromatic N) is 3. The van der Waals surface area contributed by atoms with Gasteiger partial charge in [0.05, 0.1) is 12.2 Å². The highest BCUT2D eigenvalue weighted by Crippen LogP contribution is 2.30. The molecule has 6 heteroatoms. The lowest BCUT2D eigenvalue weighted by Gasteiger charge is -2.14. The molecule has 0 saturated carbocycles. The van der Waals surface area contributed by atoms with Gasteiger partial charge in [-0.25, -0.2) is 4.79 Å². The molecule has 6 nitrogen and oxygen atoms in total. The Kier molecular flexibility index (Phi) is 5.37. The molecule has 0 unspecified atom stereocenters. The quantitative estimate of drug-likeness (QED) is 0.709. The van der Waals surface area contributed by atoms with E-state index in [4.69, 9.17) is 5.10 Å². The number of nitrogens with one attached hydrogen (secondary N) is 2. The lowest BCUT2D eigenvalue weighted by molar-refractivity contribution is 0.251. The van der Waals surface area contributed by atoms with Crippen LogP contribution in [0, 0.1) is 6.92 Å². The molecule has 2 N–H and O–H groups in total. The molecule has 3 aromatic rings. The molecule has 4 rings (SSSR count). The molecule has 2 heterocycles. The minimum atomic E-state index is -0.199. The van der Waals surface area contributed by atoms with Crippen molar-refractivity contribution >= 4 is 11.7 Å². The molecule has 0 fully saturated rings. The van der Waals surface area contributed by atoms with E-state index in [-0.39, 0.29) is 6.03 Å². The normalized spacial score (nSPS) is 13.0. The van der Waals surface area contributed by atoms with Crippen LogP contribution in [0.25, 0.3) is 11.4 Å². The van der Waals surface area contributed by atoms with Gasteiger partial charge >= 0.3 is 6.03 Å². The molecule has 0 spiro atoms. The number of anilines is 1. The Labute approximate surface area is 165 Å². The molecule has 28 heavy (non-hydrogen) atoms. The van der Waals surface area contributed by atoms with E-state index < -0.39 is 0 Å². The third-order valence-electron chi connectivity index (χ3n) is 5.08. The minimum Gasteiger partial charge on any atom is -0.336 e. The molecular formula is C22H25N5O. The van der Waals surface area contributed by atoms with Crippen molar-refractivity contribution in [1.82, 2.24) is 20.1 Å². The summed E-state index contributed by atoms with van der Waals surface area (Å²) in [5.74, 6) is 0. The van der Waals surface area contributed by atoms with Crippen LogP contribution in [0.4, 0.5) is 10.5 Å². The fraction of sp³-hybridized carbons (Fsp3) is 0.318. The maximum atomic E-state index is 12.1. The summed E-state index contributed by atoms with van der Waals surface area (Å²) in [5, 5.41) is 10.6. The van der Waals surface area contributed by atoms with E-state index in [2.05, 4.69) is 15.6 Å². The van der Waals surface area contributed by atoms with Crippen molar-refractivity contribution in [2.24, 2.45) is 0 Å². The van der Waals surface area contributed by atoms with Crippen LogP contribution < -0.4 is 10.6 Å². The van der Waals surface area contributed by atoms with Crippen molar-refractivity contribution in [3.8, 4) is 11.4 Å². The van der Waals surface area contributed by atoms with Crippen molar-refractivity contribution in [1.29, 1.82) is 0 Å². The van der Waals surface area contributed by atoms with Gasteiger partial charge in [0.25, 0.3) is 0 Å². The summed E-state index contributed by atoms with van der Waals surface area (Å²) >= 11 is 0. The number of hydrogen-bond donors (Lipinski definition) is 2. The predicted molar refractivity (Wildman–Crippen MR) is 110 cm³/mol. The Morgan fingerprint density at radius 2 is 1.93 bits per heavy atom. The Hall–Kier alpha value is -3.15. The van der Waals surface area contributed by atoms with Crippen molar-refractivity contribution in [2.75, 3.05) is 11.9 Å². The number of aryl methyl sites for hydroxylation is 1. The summed E-state index contributed by atoms with van der Waals surface area (Å²) in [6.45, 7) is 3.19. The Bertz CT molecular complexity index is 947. The van der Waals surface area contributed by atoms with Crippen molar-refractivity contribution < 1.29 is 4.79 Å². The first-order valence-corrected chi connectivity index (χ1v) is 9.82. The monoisotopic (exact) mass is 375 g/mol. The predicted octanol–water partition coefficient (Wildman–Crippen LogP) is 3.95. The average molecular weight is 375 g/mol. The summed E-state index contributed by atoms with van der Waals surface area (Å²) in [6, 6.07) is 13.5. The fourth-order valence-corrected chi connectivity index (χ4v) is 3.65. The number of benzene rings is 1. The highest BCUT2D eigenvalue weighted by molar-refractivity contribution is 5.89. The van der Waals surface area contributed by atoms with Gasteiger partial charge in [-0.1, -0.05) is 23.8 Å². The minimum absolute atomic E-state index is 0.199. The van der Waals surface area contributed by atoms with Gasteiger partial charge in [0, 0.05) is 29.7 Å². The van der Waals surface area contributed by atoms with Gasteiger partial charge in [0.15, 0.2) is 0 Å². The smallest absolute Gasteiger partial charge is 0.319 e. The number of urea groups is 1. The van der Waals surface area contributed by atoms with E-state index in [1.807, 2.05) is 54.1 Å². The maximum absolute atomic E-state index is 12.1. The molecule has 0 bridgehead atoms. The summed E-state index contributed by atoms with van der Waals surface area (Å²) in [7, 11) is 0. The number of fused-ring (bicyclic) bond motifs is 1. The van der Waals surface area contributed by atoms with Gasteiger partial charge in [-0.05, 0) is 56.9 Å². The van der Waals surface area contributed by atoms with Gasteiger partial charge in [0.2, 0.25) is 0 Å². The van der Waals surface area contributed by atoms with E-state index in [1.54, 1.807) is 6.20 Å².